The highest BCUT2D eigenvalue weighted by molar-refractivity contribution is 5.85. The van der Waals surface area contributed by atoms with E-state index in [1.165, 1.54) is 12.8 Å². The van der Waals surface area contributed by atoms with Gasteiger partial charge < -0.3 is 20.1 Å². The van der Waals surface area contributed by atoms with Gasteiger partial charge in [-0.3, -0.25) is 4.79 Å². The van der Waals surface area contributed by atoms with Crippen molar-refractivity contribution in [3.63, 3.8) is 0 Å². The number of hydrogen-bond donors (Lipinski definition) is 2. The van der Waals surface area contributed by atoms with Crippen LogP contribution >= 0.6 is 12.4 Å². The molecule has 0 unspecified atom stereocenters. The number of nitrogens with one attached hydrogen (secondary N) is 2. The van der Waals surface area contributed by atoms with E-state index in [-0.39, 0.29) is 25.1 Å². The second-order valence-corrected chi connectivity index (χ2v) is 5.00. The quantitative estimate of drug-likeness (QED) is 0.835. The molecule has 5 nitrogen and oxygen atoms in total. The van der Waals surface area contributed by atoms with Gasteiger partial charge in [0.1, 0.15) is 0 Å². The summed E-state index contributed by atoms with van der Waals surface area (Å²) < 4.78 is 10.7. The minimum Gasteiger partial charge on any atom is -0.454 e. The highest BCUT2D eigenvalue weighted by Crippen LogP contribution is 2.35. The third-order valence-corrected chi connectivity index (χ3v) is 3.37. The molecule has 0 radical (unpaired) electrons. The summed E-state index contributed by atoms with van der Waals surface area (Å²) in [6.07, 6.45) is 2.59. The summed E-state index contributed by atoms with van der Waals surface area (Å²) in [5, 5.41) is 6.05. The summed E-state index contributed by atoms with van der Waals surface area (Å²) in [7, 11) is 0. The van der Waals surface area contributed by atoms with Crippen molar-refractivity contribution in [1.29, 1.82) is 0 Å². The number of carbonyl (C=O) groups is 1. The van der Waals surface area contributed by atoms with Crippen LogP contribution in [0.5, 0.6) is 11.5 Å². The van der Waals surface area contributed by atoms with E-state index in [0.29, 0.717) is 13.1 Å². The zero-order chi connectivity index (χ0) is 13.1. The number of benzene rings is 1. The molecule has 1 heterocycles. The van der Waals surface area contributed by atoms with Gasteiger partial charge >= 0.3 is 0 Å². The number of halogens is 1. The maximum atomic E-state index is 11.7. The average Bonchev–Trinajstić information content (AvgIpc) is 3.11. The van der Waals surface area contributed by atoms with Crippen LogP contribution in [-0.4, -0.2) is 25.8 Å². The monoisotopic (exact) mass is 298 g/mol. The van der Waals surface area contributed by atoms with Crippen LogP contribution in [0.4, 0.5) is 0 Å². The van der Waals surface area contributed by atoms with Crippen LogP contribution in [0.1, 0.15) is 18.4 Å². The van der Waals surface area contributed by atoms with Gasteiger partial charge in [0.05, 0.1) is 6.54 Å². The van der Waals surface area contributed by atoms with Crippen molar-refractivity contribution in [3.05, 3.63) is 23.8 Å². The van der Waals surface area contributed by atoms with Crippen LogP contribution in [-0.2, 0) is 11.3 Å². The van der Waals surface area contributed by atoms with Crippen molar-refractivity contribution in [2.75, 3.05) is 19.9 Å². The molecular formula is C14H19ClN2O3. The van der Waals surface area contributed by atoms with Crippen molar-refractivity contribution in [2.24, 2.45) is 5.92 Å². The Bertz CT molecular complexity index is 477. The fourth-order valence-electron chi connectivity index (χ4n) is 2.10. The fraction of sp³-hybridized carbons (Fsp3) is 0.500. The molecule has 2 aliphatic rings. The molecular weight excluding hydrogens is 280 g/mol. The molecule has 6 heteroatoms. The Labute approximate surface area is 124 Å². The molecule has 1 aromatic rings. The van der Waals surface area contributed by atoms with Crippen LogP contribution < -0.4 is 20.1 Å². The molecule has 0 atom stereocenters. The molecule has 1 aromatic carbocycles. The lowest BCUT2D eigenvalue weighted by Crippen LogP contribution is -2.34. The molecule has 20 heavy (non-hydrogen) atoms. The Balaban J connectivity index is 0.00000147. The van der Waals surface area contributed by atoms with Gasteiger partial charge in [-0.15, -0.1) is 12.4 Å². The highest BCUT2D eigenvalue weighted by atomic mass is 35.5. The zero-order valence-electron chi connectivity index (χ0n) is 11.2. The van der Waals surface area contributed by atoms with Gasteiger partial charge in [-0.05, 0) is 31.4 Å². The molecule has 1 saturated carbocycles. The van der Waals surface area contributed by atoms with Crippen molar-refractivity contribution in [3.8, 4) is 11.5 Å². The van der Waals surface area contributed by atoms with Gasteiger partial charge in [0.2, 0.25) is 12.7 Å². The highest BCUT2D eigenvalue weighted by Gasteiger charge is 2.21. The van der Waals surface area contributed by atoms with Gasteiger partial charge in [-0.1, -0.05) is 12.1 Å². The smallest absolute Gasteiger partial charge is 0.234 e. The second kappa shape index (κ2) is 6.81. The lowest BCUT2D eigenvalue weighted by atomic mass is 10.2. The van der Waals surface area contributed by atoms with Gasteiger partial charge in [0, 0.05) is 12.1 Å². The summed E-state index contributed by atoms with van der Waals surface area (Å²) in [6.45, 7) is 2.05. The van der Waals surface area contributed by atoms with Crippen molar-refractivity contribution >= 4 is 18.3 Å². The minimum atomic E-state index is 0. The molecule has 1 fully saturated rings. The van der Waals surface area contributed by atoms with E-state index >= 15 is 0 Å². The summed E-state index contributed by atoms with van der Waals surface area (Å²) in [6, 6.07) is 5.70. The Kier molecular flexibility index (Phi) is 5.09. The van der Waals surface area contributed by atoms with E-state index in [9.17, 15) is 4.79 Å². The van der Waals surface area contributed by atoms with Gasteiger partial charge in [0.25, 0.3) is 0 Å². The molecule has 1 aliphatic heterocycles. The van der Waals surface area contributed by atoms with Crippen molar-refractivity contribution < 1.29 is 14.3 Å². The number of rotatable bonds is 6. The summed E-state index contributed by atoms with van der Waals surface area (Å²) in [5.74, 6) is 2.29. The molecule has 0 bridgehead atoms. The zero-order valence-corrected chi connectivity index (χ0v) is 12.0. The number of carbonyl (C=O) groups excluding carboxylic acids is 1. The lowest BCUT2D eigenvalue weighted by Gasteiger charge is -2.08. The van der Waals surface area contributed by atoms with Crippen LogP contribution in [0.3, 0.4) is 0 Å². The van der Waals surface area contributed by atoms with Crippen LogP contribution in [0.15, 0.2) is 18.2 Å². The molecule has 2 N–H and O–H groups in total. The third kappa shape index (κ3) is 3.77. The van der Waals surface area contributed by atoms with E-state index < -0.39 is 0 Å². The van der Waals surface area contributed by atoms with Gasteiger partial charge in [0.15, 0.2) is 11.5 Å². The number of ether oxygens (including phenoxy) is 2. The minimum absolute atomic E-state index is 0. The Hall–Kier alpha value is -1.46. The SMILES string of the molecule is Cl.O=C(CNCC1CC1)NCc1cccc2c1OCO2. The summed E-state index contributed by atoms with van der Waals surface area (Å²) in [4.78, 5) is 11.7. The Morgan fingerprint density at radius 1 is 1.30 bits per heavy atom. The molecule has 0 saturated heterocycles. The maximum absolute atomic E-state index is 11.7. The molecule has 1 amide bonds. The summed E-state index contributed by atoms with van der Waals surface area (Å²) in [5.41, 5.74) is 0.950. The molecule has 3 rings (SSSR count). The van der Waals surface area contributed by atoms with E-state index in [4.69, 9.17) is 9.47 Å². The van der Waals surface area contributed by atoms with E-state index in [2.05, 4.69) is 10.6 Å². The molecule has 110 valence electrons. The van der Waals surface area contributed by atoms with Crippen molar-refractivity contribution in [2.45, 2.75) is 19.4 Å². The lowest BCUT2D eigenvalue weighted by molar-refractivity contribution is -0.120. The van der Waals surface area contributed by atoms with Gasteiger partial charge in [-0.2, -0.15) is 0 Å². The first-order valence-electron chi connectivity index (χ1n) is 6.68. The van der Waals surface area contributed by atoms with E-state index in [1.54, 1.807) is 0 Å². The Morgan fingerprint density at radius 3 is 2.95 bits per heavy atom. The first-order valence-corrected chi connectivity index (χ1v) is 6.68. The standard InChI is InChI=1S/C14H18N2O3.ClH/c17-13(8-15-6-10-4-5-10)16-7-11-2-1-3-12-14(11)19-9-18-12;/h1-3,10,15H,4-9H2,(H,16,17);1H. The number of hydrogen-bond acceptors (Lipinski definition) is 4. The third-order valence-electron chi connectivity index (χ3n) is 3.37. The largest absolute Gasteiger partial charge is 0.454 e. The Morgan fingerprint density at radius 2 is 2.15 bits per heavy atom. The fourth-order valence-corrected chi connectivity index (χ4v) is 2.10. The molecule has 0 spiro atoms. The van der Waals surface area contributed by atoms with Crippen molar-refractivity contribution in [1.82, 2.24) is 10.6 Å². The van der Waals surface area contributed by atoms with E-state index in [1.807, 2.05) is 18.2 Å². The topological polar surface area (TPSA) is 59.6 Å². The summed E-state index contributed by atoms with van der Waals surface area (Å²) >= 11 is 0. The predicted octanol–water partition coefficient (Wildman–Crippen LogP) is 1.45. The maximum Gasteiger partial charge on any atom is 0.234 e. The molecule has 1 aliphatic carbocycles. The predicted molar refractivity (Wildman–Crippen MR) is 77.3 cm³/mol. The number of para-hydroxylation sites is 1. The average molecular weight is 299 g/mol. The normalized spacial score (nSPS) is 15.6. The number of amides is 1. The second-order valence-electron chi connectivity index (χ2n) is 5.00. The first kappa shape index (κ1) is 14.9. The first-order chi connectivity index (χ1) is 9.33. The van der Waals surface area contributed by atoms with Crippen LogP contribution in [0, 0.1) is 5.92 Å². The van der Waals surface area contributed by atoms with Crippen LogP contribution in [0.2, 0.25) is 0 Å². The van der Waals surface area contributed by atoms with Gasteiger partial charge in [-0.25, -0.2) is 0 Å². The number of fused-ring (bicyclic) bond motifs is 1. The van der Waals surface area contributed by atoms with Crippen LogP contribution in [0.25, 0.3) is 0 Å². The molecule has 0 aromatic heterocycles. The van der Waals surface area contributed by atoms with E-state index in [0.717, 1.165) is 29.5 Å².